The molecule has 2 rings (SSSR count). The number of hydrogen-bond donors (Lipinski definition) is 1. The predicted octanol–water partition coefficient (Wildman–Crippen LogP) is 3.47. The SMILES string of the molecule is COC1CCCCC1Nc1cc(F)c(F)cc1F. The quantitative estimate of drug-likeness (QED) is 0.839. The number of ether oxygens (including phenoxy) is 1. The van der Waals surface area contributed by atoms with Gasteiger partial charge in [-0.3, -0.25) is 0 Å². The van der Waals surface area contributed by atoms with Crippen molar-refractivity contribution >= 4 is 5.69 Å². The topological polar surface area (TPSA) is 21.3 Å². The van der Waals surface area contributed by atoms with Crippen molar-refractivity contribution in [3.63, 3.8) is 0 Å². The van der Waals surface area contributed by atoms with E-state index in [4.69, 9.17) is 4.74 Å². The lowest BCUT2D eigenvalue weighted by molar-refractivity contribution is 0.0605. The fraction of sp³-hybridized carbons (Fsp3) is 0.538. The molecule has 1 N–H and O–H groups in total. The number of halogens is 3. The van der Waals surface area contributed by atoms with Crippen LogP contribution in [-0.2, 0) is 4.74 Å². The summed E-state index contributed by atoms with van der Waals surface area (Å²) in [6, 6.07) is 1.34. The molecule has 2 unspecified atom stereocenters. The molecule has 1 fully saturated rings. The zero-order valence-electron chi connectivity index (χ0n) is 10.2. The van der Waals surface area contributed by atoms with E-state index in [0.717, 1.165) is 31.7 Å². The Bertz CT molecular complexity index is 425. The van der Waals surface area contributed by atoms with Gasteiger partial charge in [-0.1, -0.05) is 12.8 Å². The van der Waals surface area contributed by atoms with Crippen LogP contribution in [0.2, 0.25) is 0 Å². The summed E-state index contributed by atoms with van der Waals surface area (Å²) < 4.78 is 44.7. The molecule has 5 heteroatoms. The minimum atomic E-state index is -1.18. The van der Waals surface area contributed by atoms with Crippen molar-refractivity contribution in [1.82, 2.24) is 0 Å². The maximum absolute atomic E-state index is 13.5. The van der Waals surface area contributed by atoms with E-state index in [1.165, 1.54) is 0 Å². The molecule has 0 heterocycles. The van der Waals surface area contributed by atoms with Gasteiger partial charge in [0.05, 0.1) is 17.8 Å². The summed E-state index contributed by atoms with van der Waals surface area (Å²) in [5.74, 6) is -3.01. The zero-order chi connectivity index (χ0) is 13.1. The highest BCUT2D eigenvalue weighted by molar-refractivity contribution is 5.46. The average Bonchev–Trinajstić information content (AvgIpc) is 2.36. The van der Waals surface area contributed by atoms with Crippen LogP contribution in [0.1, 0.15) is 25.7 Å². The number of benzene rings is 1. The second kappa shape index (κ2) is 5.61. The standard InChI is InChI=1S/C13H16F3NO/c1-18-13-5-3-2-4-11(13)17-12-7-9(15)8(14)6-10(12)16/h6-7,11,13,17H,2-5H2,1H3. The number of nitrogens with one attached hydrogen (secondary N) is 1. The molecule has 0 aliphatic heterocycles. The monoisotopic (exact) mass is 259 g/mol. The largest absolute Gasteiger partial charge is 0.379 e. The molecule has 0 radical (unpaired) electrons. The van der Waals surface area contributed by atoms with Crippen LogP contribution >= 0.6 is 0 Å². The Kier molecular flexibility index (Phi) is 4.11. The van der Waals surface area contributed by atoms with Crippen molar-refractivity contribution in [2.45, 2.75) is 37.8 Å². The van der Waals surface area contributed by atoms with Gasteiger partial charge in [0.2, 0.25) is 0 Å². The lowest BCUT2D eigenvalue weighted by atomic mass is 9.92. The molecule has 1 aliphatic rings. The first kappa shape index (κ1) is 13.2. The fourth-order valence-electron chi connectivity index (χ4n) is 2.38. The van der Waals surface area contributed by atoms with E-state index in [9.17, 15) is 13.2 Å². The maximum atomic E-state index is 13.5. The Hall–Kier alpha value is -1.23. The van der Waals surface area contributed by atoms with E-state index >= 15 is 0 Å². The molecule has 1 aromatic carbocycles. The Labute approximate surface area is 104 Å². The van der Waals surface area contributed by atoms with Crippen LogP contribution in [0, 0.1) is 17.5 Å². The van der Waals surface area contributed by atoms with Gasteiger partial charge >= 0.3 is 0 Å². The molecule has 0 bridgehead atoms. The molecule has 0 amide bonds. The first-order valence-electron chi connectivity index (χ1n) is 6.05. The van der Waals surface area contributed by atoms with Gasteiger partial charge in [-0.25, -0.2) is 13.2 Å². The Morgan fingerprint density at radius 1 is 1.06 bits per heavy atom. The van der Waals surface area contributed by atoms with E-state index < -0.39 is 17.5 Å². The average molecular weight is 259 g/mol. The predicted molar refractivity (Wildman–Crippen MR) is 63.0 cm³/mol. The molecule has 18 heavy (non-hydrogen) atoms. The van der Waals surface area contributed by atoms with Gasteiger partial charge < -0.3 is 10.1 Å². The number of methoxy groups -OCH3 is 1. The number of rotatable bonds is 3. The third-order valence-electron chi connectivity index (χ3n) is 3.36. The van der Waals surface area contributed by atoms with E-state index in [1.807, 2.05) is 0 Å². The van der Waals surface area contributed by atoms with Gasteiger partial charge in [-0.2, -0.15) is 0 Å². The Morgan fingerprint density at radius 2 is 1.72 bits per heavy atom. The fourth-order valence-corrected chi connectivity index (χ4v) is 2.38. The molecule has 2 atom stereocenters. The van der Waals surface area contributed by atoms with Crippen LogP contribution in [0.15, 0.2) is 12.1 Å². The van der Waals surface area contributed by atoms with Gasteiger partial charge in [-0.05, 0) is 12.8 Å². The molecule has 1 aliphatic carbocycles. The van der Waals surface area contributed by atoms with Gasteiger partial charge in [-0.15, -0.1) is 0 Å². The van der Waals surface area contributed by atoms with Crippen LogP contribution < -0.4 is 5.32 Å². The molecule has 1 saturated carbocycles. The highest BCUT2D eigenvalue weighted by Crippen LogP contribution is 2.26. The van der Waals surface area contributed by atoms with Crippen LogP contribution in [0.3, 0.4) is 0 Å². The summed E-state index contributed by atoms with van der Waals surface area (Å²) in [7, 11) is 1.60. The summed E-state index contributed by atoms with van der Waals surface area (Å²) >= 11 is 0. The summed E-state index contributed by atoms with van der Waals surface area (Å²) in [6.07, 6.45) is 3.78. The van der Waals surface area contributed by atoms with Gasteiger partial charge in [0.25, 0.3) is 0 Å². The Morgan fingerprint density at radius 3 is 2.44 bits per heavy atom. The van der Waals surface area contributed by atoms with Crippen LogP contribution in [-0.4, -0.2) is 19.3 Å². The summed E-state index contributed by atoms with van der Waals surface area (Å²) in [5, 5.41) is 2.91. The summed E-state index contributed by atoms with van der Waals surface area (Å²) in [6.45, 7) is 0. The molecule has 100 valence electrons. The molecular formula is C13H16F3NO. The smallest absolute Gasteiger partial charge is 0.161 e. The van der Waals surface area contributed by atoms with Crippen molar-refractivity contribution < 1.29 is 17.9 Å². The van der Waals surface area contributed by atoms with Crippen LogP contribution in [0.5, 0.6) is 0 Å². The summed E-state index contributed by atoms with van der Waals surface area (Å²) in [5.41, 5.74) is -0.0112. The Balaban J connectivity index is 2.15. The third kappa shape index (κ3) is 2.77. The highest BCUT2D eigenvalue weighted by atomic mass is 19.2. The second-order valence-electron chi connectivity index (χ2n) is 4.56. The minimum Gasteiger partial charge on any atom is -0.379 e. The molecule has 0 spiro atoms. The minimum absolute atomic E-state index is 0.0112. The van der Waals surface area contributed by atoms with Crippen LogP contribution in [0.4, 0.5) is 18.9 Å². The van der Waals surface area contributed by atoms with Crippen molar-refractivity contribution in [3.8, 4) is 0 Å². The first-order chi connectivity index (χ1) is 8.61. The number of hydrogen-bond acceptors (Lipinski definition) is 2. The maximum Gasteiger partial charge on any atom is 0.161 e. The number of anilines is 1. The van der Waals surface area contributed by atoms with Crippen molar-refractivity contribution in [2.24, 2.45) is 0 Å². The third-order valence-corrected chi connectivity index (χ3v) is 3.36. The van der Waals surface area contributed by atoms with E-state index in [0.29, 0.717) is 6.07 Å². The van der Waals surface area contributed by atoms with E-state index in [1.54, 1.807) is 7.11 Å². The van der Waals surface area contributed by atoms with Gasteiger partial charge in [0.15, 0.2) is 11.6 Å². The molecule has 2 nitrogen and oxygen atoms in total. The summed E-state index contributed by atoms with van der Waals surface area (Å²) in [4.78, 5) is 0. The zero-order valence-corrected chi connectivity index (χ0v) is 10.2. The van der Waals surface area contributed by atoms with Crippen molar-refractivity contribution in [1.29, 1.82) is 0 Å². The molecule has 0 saturated heterocycles. The van der Waals surface area contributed by atoms with Crippen molar-refractivity contribution in [3.05, 3.63) is 29.6 Å². The molecular weight excluding hydrogens is 243 g/mol. The van der Waals surface area contributed by atoms with Crippen LogP contribution in [0.25, 0.3) is 0 Å². The van der Waals surface area contributed by atoms with E-state index in [-0.39, 0.29) is 17.8 Å². The van der Waals surface area contributed by atoms with Gasteiger partial charge in [0, 0.05) is 19.2 Å². The van der Waals surface area contributed by atoms with Crippen molar-refractivity contribution in [2.75, 3.05) is 12.4 Å². The molecule has 1 aromatic rings. The van der Waals surface area contributed by atoms with Gasteiger partial charge in [0.1, 0.15) is 5.82 Å². The lowest BCUT2D eigenvalue weighted by Crippen LogP contribution is -2.38. The van der Waals surface area contributed by atoms with E-state index in [2.05, 4.69) is 5.32 Å². The second-order valence-corrected chi connectivity index (χ2v) is 4.56. The molecule has 0 aromatic heterocycles. The normalized spacial score (nSPS) is 24.0. The highest BCUT2D eigenvalue weighted by Gasteiger charge is 2.25. The first-order valence-corrected chi connectivity index (χ1v) is 6.05. The lowest BCUT2D eigenvalue weighted by Gasteiger charge is -2.31.